The van der Waals surface area contributed by atoms with Crippen LogP contribution in [0.4, 0.5) is 4.39 Å². The molecule has 1 unspecified atom stereocenters. The smallest absolute Gasteiger partial charge is 0.316 e. The van der Waals surface area contributed by atoms with Crippen molar-refractivity contribution in [2.45, 2.75) is 20.0 Å². The van der Waals surface area contributed by atoms with Gasteiger partial charge in [-0.25, -0.2) is 4.39 Å². The summed E-state index contributed by atoms with van der Waals surface area (Å²) in [6.07, 6.45) is 0.139. The van der Waals surface area contributed by atoms with Crippen LogP contribution in [0.3, 0.4) is 0 Å². The van der Waals surface area contributed by atoms with Crippen LogP contribution in [0.15, 0.2) is 42.0 Å². The molecule has 2 aromatic carbocycles. The maximum atomic E-state index is 13.8. The third kappa shape index (κ3) is 4.65. The number of allylic oxidation sites excluding steroid dienone is 1. The van der Waals surface area contributed by atoms with Crippen molar-refractivity contribution < 1.29 is 28.2 Å². The fourth-order valence-electron chi connectivity index (χ4n) is 3.67. The predicted octanol–water partition coefficient (Wildman–Crippen LogP) is 3.61. The Hall–Kier alpha value is -3.50. The minimum absolute atomic E-state index is 0.139. The van der Waals surface area contributed by atoms with Crippen molar-refractivity contribution >= 4 is 17.3 Å². The van der Waals surface area contributed by atoms with Crippen molar-refractivity contribution in [1.29, 1.82) is 5.26 Å². The number of Topliss-reactive ketones (excluding diaryl/α,β-unsaturated/α-hetero) is 1. The molecule has 7 heteroatoms. The molecule has 0 aliphatic carbocycles. The summed E-state index contributed by atoms with van der Waals surface area (Å²) in [5.41, 5.74) is 4.04. The van der Waals surface area contributed by atoms with E-state index in [2.05, 4.69) is 6.07 Å². The Morgan fingerprint density at radius 2 is 1.94 bits per heavy atom. The van der Waals surface area contributed by atoms with Crippen LogP contribution in [-0.4, -0.2) is 32.6 Å². The van der Waals surface area contributed by atoms with E-state index in [-0.39, 0.29) is 25.4 Å². The van der Waals surface area contributed by atoms with E-state index < -0.39 is 17.7 Å². The van der Waals surface area contributed by atoms with Crippen LogP contribution >= 0.6 is 0 Å². The average Bonchev–Trinajstić information content (AvgIpc) is 2.92. The van der Waals surface area contributed by atoms with E-state index in [0.717, 1.165) is 16.7 Å². The molecule has 1 aliphatic heterocycles. The lowest BCUT2D eigenvalue weighted by Crippen LogP contribution is -2.30. The highest BCUT2D eigenvalue weighted by Gasteiger charge is 2.28. The number of rotatable bonds is 6. The highest BCUT2D eigenvalue weighted by molar-refractivity contribution is 6.00. The summed E-state index contributed by atoms with van der Waals surface area (Å²) < 4.78 is 29.3. The summed E-state index contributed by atoms with van der Waals surface area (Å²) >= 11 is 0. The van der Waals surface area contributed by atoms with Crippen molar-refractivity contribution in [3.05, 3.63) is 70.0 Å². The summed E-state index contributed by atoms with van der Waals surface area (Å²) in [4.78, 5) is 24.5. The minimum atomic E-state index is -0.989. The van der Waals surface area contributed by atoms with E-state index in [1.807, 2.05) is 12.1 Å². The number of carbonyl (C=O) groups excluding carboxylic acids is 2. The van der Waals surface area contributed by atoms with Gasteiger partial charge in [-0.1, -0.05) is 18.2 Å². The van der Waals surface area contributed by atoms with Gasteiger partial charge in [0, 0.05) is 29.9 Å². The Morgan fingerprint density at radius 3 is 2.61 bits per heavy atom. The molecule has 0 bridgehead atoms. The highest BCUT2D eigenvalue weighted by Crippen LogP contribution is 2.39. The standard InChI is InChI=1S/C24H22FNO5/c1-14(11-26)23-18-6-4-15(9-20(24(28)30-3)21(27)13-29-2)8-16(18)12-31-22-10-17(25)5-7-19(22)23/h4-8,10,20H,9,12-13H2,1-3H3. The molecule has 3 rings (SSSR count). The second-order valence-electron chi connectivity index (χ2n) is 7.21. The molecule has 0 fully saturated rings. The van der Waals surface area contributed by atoms with Crippen molar-refractivity contribution in [3.63, 3.8) is 0 Å². The molecule has 160 valence electrons. The molecule has 1 atom stereocenters. The molecule has 0 amide bonds. The number of esters is 1. The predicted molar refractivity (Wildman–Crippen MR) is 111 cm³/mol. The molecule has 2 aromatic rings. The molecule has 0 saturated heterocycles. The first-order valence-corrected chi connectivity index (χ1v) is 9.65. The number of hydrogen-bond acceptors (Lipinski definition) is 6. The van der Waals surface area contributed by atoms with Gasteiger partial charge in [0.15, 0.2) is 5.78 Å². The lowest BCUT2D eigenvalue weighted by atomic mass is 9.88. The van der Waals surface area contributed by atoms with Gasteiger partial charge in [-0.05, 0) is 42.2 Å². The molecule has 6 nitrogen and oxygen atoms in total. The van der Waals surface area contributed by atoms with E-state index in [9.17, 15) is 19.2 Å². The molecule has 0 saturated carbocycles. The van der Waals surface area contributed by atoms with Crippen LogP contribution in [-0.2, 0) is 32.1 Å². The number of halogens is 1. The van der Waals surface area contributed by atoms with E-state index in [0.29, 0.717) is 22.5 Å². The number of fused-ring (bicyclic) bond motifs is 2. The van der Waals surface area contributed by atoms with Gasteiger partial charge in [0.05, 0.1) is 13.2 Å². The second kappa shape index (κ2) is 9.54. The molecular weight excluding hydrogens is 401 g/mol. The van der Waals surface area contributed by atoms with Crippen molar-refractivity contribution in [3.8, 4) is 11.8 Å². The van der Waals surface area contributed by atoms with Gasteiger partial charge in [0.1, 0.15) is 30.7 Å². The Kier molecular flexibility index (Phi) is 6.83. The van der Waals surface area contributed by atoms with Gasteiger partial charge in [0.25, 0.3) is 0 Å². The molecule has 0 spiro atoms. The summed E-state index contributed by atoms with van der Waals surface area (Å²) in [7, 11) is 2.62. The van der Waals surface area contributed by atoms with Crippen LogP contribution in [0.2, 0.25) is 0 Å². The maximum Gasteiger partial charge on any atom is 0.316 e. The van der Waals surface area contributed by atoms with Gasteiger partial charge >= 0.3 is 5.97 Å². The van der Waals surface area contributed by atoms with Gasteiger partial charge < -0.3 is 14.2 Å². The second-order valence-corrected chi connectivity index (χ2v) is 7.21. The summed E-state index contributed by atoms with van der Waals surface area (Å²) in [6, 6.07) is 11.9. The normalized spacial score (nSPS) is 14.8. The van der Waals surface area contributed by atoms with Crippen molar-refractivity contribution in [2.75, 3.05) is 20.8 Å². The highest BCUT2D eigenvalue weighted by atomic mass is 19.1. The van der Waals surface area contributed by atoms with Crippen LogP contribution < -0.4 is 4.74 Å². The van der Waals surface area contributed by atoms with Gasteiger partial charge in [-0.3, -0.25) is 9.59 Å². The number of carbonyl (C=O) groups is 2. The van der Waals surface area contributed by atoms with Crippen LogP contribution in [0.25, 0.3) is 5.57 Å². The Bertz CT molecular complexity index is 1100. The maximum absolute atomic E-state index is 13.8. The molecule has 0 N–H and O–H groups in total. The summed E-state index contributed by atoms with van der Waals surface area (Å²) in [5, 5.41) is 9.53. The largest absolute Gasteiger partial charge is 0.488 e. The molecule has 1 aliphatic rings. The van der Waals surface area contributed by atoms with Crippen LogP contribution in [0, 0.1) is 23.1 Å². The lowest BCUT2D eigenvalue weighted by molar-refractivity contribution is -0.150. The third-order valence-corrected chi connectivity index (χ3v) is 5.18. The van der Waals surface area contributed by atoms with E-state index >= 15 is 0 Å². The summed E-state index contributed by atoms with van der Waals surface area (Å²) in [6.45, 7) is 1.65. The van der Waals surface area contributed by atoms with E-state index in [4.69, 9.17) is 14.2 Å². The zero-order chi connectivity index (χ0) is 22.5. The Labute approximate surface area is 179 Å². The number of ketones is 1. The fraction of sp³-hybridized carbons (Fsp3) is 0.292. The first-order valence-electron chi connectivity index (χ1n) is 9.65. The number of nitrogens with zero attached hydrogens (tertiary/aromatic N) is 1. The Morgan fingerprint density at radius 1 is 1.19 bits per heavy atom. The molecule has 0 aromatic heterocycles. The third-order valence-electron chi connectivity index (χ3n) is 5.18. The quantitative estimate of drug-likeness (QED) is 0.401. The number of ether oxygens (including phenoxy) is 3. The molecule has 0 radical (unpaired) electrons. The van der Waals surface area contributed by atoms with Gasteiger partial charge in [0.2, 0.25) is 0 Å². The monoisotopic (exact) mass is 423 g/mol. The number of nitriles is 1. The van der Waals surface area contributed by atoms with Crippen LogP contribution in [0.5, 0.6) is 5.75 Å². The number of hydrogen-bond donors (Lipinski definition) is 0. The van der Waals surface area contributed by atoms with Gasteiger partial charge in [-0.15, -0.1) is 0 Å². The number of benzene rings is 2. The lowest BCUT2D eigenvalue weighted by Gasteiger charge is -2.16. The van der Waals surface area contributed by atoms with Crippen molar-refractivity contribution in [1.82, 2.24) is 0 Å². The van der Waals surface area contributed by atoms with Gasteiger partial charge in [-0.2, -0.15) is 5.26 Å². The summed E-state index contributed by atoms with van der Waals surface area (Å²) in [5.74, 6) is -2.07. The number of methoxy groups -OCH3 is 2. The van der Waals surface area contributed by atoms with Crippen LogP contribution in [0.1, 0.15) is 29.2 Å². The Balaban J connectivity index is 2.04. The minimum Gasteiger partial charge on any atom is -0.488 e. The molecular formula is C24H22FNO5. The average molecular weight is 423 g/mol. The first-order chi connectivity index (χ1) is 14.9. The molecule has 1 heterocycles. The van der Waals surface area contributed by atoms with E-state index in [1.54, 1.807) is 19.1 Å². The SMILES string of the molecule is COCC(=O)C(Cc1ccc2c(c1)COc1cc(F)ccc1C2=C(C)C#N)C(=O)OC. The topological polar surface area (TPSA) is 85.6 Å². The first kappa shape index (κ1) is 22.2. The zero-order valence-corrected chi connectivity index (χ0v) is 17.5. The van der Waals surface area contributed by atoms with E-state index in [1.165, 1.54) is 26.4 Å². The fourth-order valence-corrected chi connectivity index (χ4v) is 3.67. The zero-order valence-electron chi connectivity index (χ0n) is 17.5. The molecule has 31 heavy (non-hydrogen) atoms. The van der Waals surface area contributed by atoms with Crippen molar-refractivity contribution in [2.24, 2.45) is 5.92 Å².